The third kappa shape index (κ3) is 5.46. The Labute approximate surface area is 232 Å². The number of carbonyl (C=O) groups is 1. The first-order valence-electron chi connectivity index (χ1n) is 13.1. The first-order chi connectivity index (χ1) is 19.4. The van der Waals surface area contributed by atoms with E-state index in [9.17, 15) is 4.79 Å². The Morgan fingerprint density at radius 2 is 2.00 bits per heavy atom. The molecule has 1 saturated heterocycles. The van der Waals surface area contributed by atoms with Crippen molar-refractivity contribution in [2.45, 2.75) is 31.8 Å². The van der Waals surface area contributed by atoms with Crippen LogP contribution < -0.4 is 20.1 Å². The molecule has 1 amide bonds. The topological polar surface area (TPSA) is 125 Å². The average molecular weight is 544 g/mol. The molecule has 0 spiro atoms. The Morgan fingerprint density at radius 3 is 2.70 bits per heavy atom. The lowest BCUT2D eigenvalue weighted by atomic mass is 9.97. The van der Waals surface area contributed by atoms with Crippen molar-refractivity contribution in [2.24, 2.45) is 7.05 Å². The molecule has 4 aromatic rings. The predicted molar refractivity (Wildman–Crippen MR) is 152 cm³/mol. The minimum absolute atomic E-state index is 0.198. The molecular weight excluding hydrogens is 510 g/mol. The van der Waals surface area contributed by atoms with E-state index in [2.05, 4.69) is 34.2 Å². The molecule has 0 saturated carbocycles. The van der Waals surface area contributed by atoms with Crippen LogP contribution in [0.1, 0.15) is 18.9 Å². The van der Waals surface area contributed by atoms with Gasteiger partial charge in [0.2, 0.25) is 11.9 Å². The molecule has 1 aromatic carbocycles. The predicted octanol–water partition coefficient (Wildman–Crippen LogP) is 3.54. The minimum Gasteiger partial charge on any atom is -0.497 e. The highest BCUT2D eigenvalue weighted by Crippen LogP contribution is 2.38. The Morgan fingerprint density at radius 1 is 1.18 bits per heavy atom. The fourth-order valence-corrected chi connectivity index (χ4v) is 4.89. The molecule has 2 atom stereocenters. The molecule has 208 valence electrons. The number of hydrogen-bond acceptors (Lipinski definition) is 9. The van der Waals surface area contributed by atoms with Gasteiger partial charge in [-0.1, -0.05) is 19.9 Å². The van der Waals surface area contributed by atoms with Crippen LogP contribution in [0.5, 0.6) is 11.5 Å². The molecule has 1 aliphatic rings. The number of aryl methyl sites for hydroxylation is 1. The van der Waals surface area contributed by atoms with E-state index in [1.165, 1.54) is 6.08 Å². The van der Waals surface area contributed by atoms with E-state index < -0.39 is 0 Å². The van der Waals surface area contributed by atoms with Gasteiger partial charge in [0.15, 0.2) is 0 Å². The number of hydrogen-bond donors (Lipinski definition) is 2. The zero-order valence-corrected chi connectivity index (χ0v) is 23.1. The summed E-state index contributed by atoms with van der Waals surface area (Å²) in [6.07, 6.45) is 8.46. The number of carbonyl (C=O) groups excluding carboxylic acids is 1. The van der Waals surface area contributed by atoms with Crippen LogP contribution in [-0.4, -0.2) is 70.2 Å². The van der Waals surface area contributed by atoms with E-state index in [1.807, 2.05) is 31.4 Å². The molecule has 11 nitrogen and oxygen atoms in total. The number of methoxy groups -OCH3 is 2. The van der Waals surface area contributed by atoms with Gasteiger partial charge in [-0.2, -0.15) is 5.10 Å². The quantitative estimate of drug-likeness (QED) is 0.289. The van der Waals surface area contributed by atoms with Crippen molar-refractivity contribution in [3.63, 3.8) is 0 Å². The highest BCUT2D eigenvalue weighted by Gasteiger charge is 2.30. The number of amides is 1. The van der Waals surface area contributed by atoms with Crippen molar-refractivity contribution >= 4 is 22.8 Å². The fraction of sp³-hybridized carbons (Fsp3) is 0.345. The average Bonchev–Trinajstić information content (AvgIpc) is 3.60. The molecule has 1 aliphatic heterocycles. The molecule has 0 radical (unpaired) electrons. The summed E-state index contributed by atoms with van der Waals surface area (Å²) in [5.41, 5.74) is 4.92. The SMILES string of the molecule is C=CC(=O)N[C@H]1COC[C@H]1Nc1ncc2cc(-c3cc(OC)cc(OC)c3CCC)nc(-c3cnn(C)c3)c2n1. The normalized spacial score (nSPS) is 16.6. The maximum atomic E-state index is 11.9. The van der Waals surface area contributed by atoms with Gasteiger partial charge in [-0.15, -0.1) is 0 Å². The van der Waals surface area contributed by atoms with Gasteiger partial charge in [-0.05, 0) is 24.6 Å². The molecule has 3 aromatic heterocycles. The minimum atomic E-state index is -0.256. The standard InChI is InChI=1S/C29H33N7O4/c1-6-8-20-21(10-19(38-4)11-25(20)39-5)22-9-17-12-30-29(34-24-16-40-15-23(24)32-26(37)7-2)35-27(17)28(33-22)18-13-31-36(3)14-18/h7,9-14,23-24H,2,6,8,15-16H2,1,3-5H3,(H,32,37)(H,30,34,35)/t23-,24+/m0/s1. The van der Waals surface area contributed by atoms with Crippen LogP contribution in [0.3, 0.4) is 0 Å². The summed E-state index contributed by atoms with van der Waals surface area (Å²) in [7, 11) is 5.16. The van der Waals surface area contributed by atoms with E-state index in [0.29, 0.717) is 36.1 Å². The van der Waals surface area contributed by atoms with Gasteiger partial charge < -0.3 is 24.8 Å². The highest BCUT2D eigenvalue weighted by atomic mass is 16.5. The number of nitrogens with zero attached hydrogens (tertiary/aromatic N) is 5. The first-order valence-corrected chi connectivity index (χ1v) is 13.1. The van der Waals surface area contributed by atoms with Gasteiger partial charge in [0.25, 0.3) is 0 Å². The highest BCUT2D eigenvalue weighted by molar-refractivity contribution is 5.94. The number of fused-ring (bicyclic) bond motifs is 1. The largest absolute Gasteiger partial charge is 0.497 e. The lowest BCUT2D eigenvalue weighted by Crippen LogP contribution is -2.45. The van der Waals surface area contributed by atoms with Crippen molar-refractivity contribution < 1.29 is 19.0 Å². The van der Waals surface area contributed by atoms with Crippen molar-refractivity contribution in [1.82, 2.24) is 30.0 Å². The molecule has 1 fully saturated rings. The molecule has 4 heterocycles. The van der Waals surface area contributed by atoms with Gasteiger partial charge in [0.1, 0.15) is 22.7 Å². The van der Waals surface area contributed by atoms with Crippen LogP contribution in [0.25, 0.3) is 33.4 Å². The van der Waals surface area contributed by atoms with Crippen molar-refractivity contribution in [1.29, 1.82) is 0 Å². The van der Waals surface area contributed by atoms with E-state index in [0.717, 1.165) is 46.4 Å². The van der Waals surface area contributed by atoms with Crippen molar-refractivity contribution in [2.75, 3.05) is 32.8 Å². The second-order valence-electron chi connectivity index (χ2n) is 9.60. The Kier molecular flexibility index (Phi) is 7.92. The smallest absolute Gasteiger partial charge is 0.243 e. The van der Waals surface area contributed by atoms with Gasteiger partial charge in [0, 0.05) is 47.6 Å². The van der Waals surface area contributed by atoms with Crippen LogP contribution in [0, 0.1) is 0 Å². The van der Waals surface area contributed by atoms with Crippen LogP contribution in [-0.2, 0) is 23.0 Å². The van der Waals surface area contributed by atoms with E-state index in [1.54, 1.807) is 31.3 Å². The summed E-state index contributed by atoms with van der Waals surface area (Å²) in [6.45, 7) is 6.46. The maximum Gasteiger partial charge on any atom is 0.243 e. The number of nitrogens with one attached hydrogen (secondary N) is 2. The summed E-state index contributed by atoms with van der Waals surface area (Å²) in [5, 5.41) is 11.4. The number of benzene rings is 1. The summed E-state index contributed by atoms with van der Waals surface area (Å²) in [6, 6.07) is 5.44. The van der Waals surface area contributed by atoms with Crippen LogP contribution in [0.15, 0.2) is 49.4 Å². The van der Waals surface area contributed by atoms with Crippen molar-refractivity contribution in [3.8, 4) is 34.0 Å². The summed E-state index contributed by atoms with van der Waals surface area (Å²) in [4.78, 5) is 26.4. The van der Waals surface area contributed by atoms with Crippen molar-refractivity contribution in [3.05, 3.63) is 55.0 Å². The van der Waals surface area contributed by atoms with Crippen LogP contribution >= 0.6 is 0 Å². The number of ether oxygens (including phenoxy) is 3. The zero-order chi connectivity index (χ0) is 28.2. The van der Waals surface area contributed by atoms with Gasteiger partial charge in [-0.3, -0.25) is 9.48 Å². The summed E-state index contributed by atoms with van der Waals surface area (Å²) >= 11 is 0. The fourth-order valence-electron chi connectivity index (χ4n) is 4.89. The van der Waals surface area contributed by atoms with Gasteiger partial charge in [-0.25, -0.2) is 15.0 Å². The molecule has 40 heavy (non-hydrogen) atoms. The number of aromatic nitrogens is 5. The molecule has 0 unspecified atom stereocenters. The number of pyridine rings is 1. The number of anilines is 1. The first kappa shape index (κ1) is 27.1. The van der Waals surface area contributed by atoms with E-state index in [-0.39, 0.29) is 18.0 Å². The van der Waals surface area contributed by atoms with Gasteiger partial charge in [0.05, 0.1) is 51.4 Å². The van der Waals surface area contributed by atoms with E-state index >= 15 is 0 Å². The second-order valence-corrected chi connectivity index (χ2v) is 9.60. The molecule has 5 rings (SSSR count). The molecular formula is C29H33N7O4. The summed E-state index contributed by atoms with van der Waals surface area (Å²) in [5.74, 6) is 1.60. The lowest BCUT2D eigenvalue weighted by Gasteiger charge is -2.20. The monoisotopic (exact) mass is 543 g/mol. The Bertz CT molecular complexity index is 1550. The lowest BCUT2D eigenvalue weighted by molar-refractivity contribution is -0.117. The molecule has 0 aliphatic carbocycles. The Balaban J connectivity index is 1.62. The second kappa shape index (κ2) is 11.7. The van der Waals surface area contributed by atoms with Crippen LogP contribution in [0.4, 0.5) is 5.95 Å². The number of rotatable bonds is 10. The third-order valence-corrected chi connectivity index (χ3v) is 6.87. The molecule has 0 bridgehead atoms. The zero-order valence-electron chi connectivity index (χ0n) is 23.1. The molecule has 2 N–H and O–H groups in total. The maximum absolute atomic E-state index is 11.9. The van der Waals surface area contributed by atoms with Crippen LogP contribution in [0.2, 0.25) is 0 Å². The van der Waals surface area contributed by atoms with E-state index in [4.69, 9.17) is 24.2 Å². The van der Waals surface area contributed by atoms with Gasteiger partial charge >= 0.3 is 0 Å². The molecule has 11 heteroatoms. The summed E-state index contributed by atoms with van der Waals surface area (Å²) < 4.78 is 18.6. The Hall–Kier alpha value is -4.51. The third-order valence-electron chi connectivity index (χ3n) is 6.87.